The van der Waals surface area contributed by atoms with Gasteiger partial charge in [0.2, 0.25) is 5.95 Å². The summed E-state index contributed by atoms with van der Waals surface area (Å²) < 4.78 is 15.8. The first-order chi connectivity index (χ1) is 8.60. The third kappa shape index (κ3) is 2.79. The Morgan fingerprint density at radius 1 is 1.56 bits per heavy atom. The van der Waals surface area contributed by atoms with Crippen LogP contribution in [0.3, 0.4) is 0 Å². The van der Waals surface area contributed by atoms with Gasteiger partial charge in [-0.15, -0.1) is 6.58 Å². The lowest BCUT2D eigenvalue weighted by Gasteiger charge is -2.08. The topological polar surface area (TPSA) is 29.9 Å². The van der Waals surface area contributed by atoms with Crippen LogP contribution in [0.5, 0.6) is 0 Å². The molecule has 0 radical (unpaired) electrons. The van der Waals surface area contributed by atoms with Gasteiger partial charge in [0.25, 0.3) is 0 Å². The van der Waals surface area contributed by atoms with Crippen molar-refractivity contribution in [2.75, 3.05) is 5.32 Å². The van der Waals surface area contributed by atoms with E-state index < -0.39 is 0 Å². The van der Waals surface area contributed by atoms with E-state index in [0.29, 0.717) is 22.7 Å². The largest absolute Gasteiger partial charge is 0.325 e. The van der Waals surface area contributed by atoms with Crippen LogP contribution in [0.15, 0.2) is 41.5 Å². The molecule has 0 aliphatic rings. The smallest absolute Gasteiger partial charge is 0.207 e. The zero-order chi connectivity index (χ0) is 13.1. The number of rotatable bonds is 4. The van der Waals surface area contributed by atoms with Crippen molar-refractivity contribution in [3.63, 3.8) is 0 Å². The molecule has 1 aromatic heterocycles. The monoisotopic (exact) mass is 309 g/mol. The first-order valence-corrected chi connectivity index (χ1v) is 6.26. The maximum atomic E-state index is 13.4. The van der Waals surface area contributed by atoms with Crippen molar-refractivity contribution in [2.45, 2.75) is 13.5 Å². The molecule has 18 heavy (non-hydrogen) atoms. The van der Waals surface area contributed by atoms with Crippen LogP contribution in [-0.4, -0.2) is 9.55 Å². The molecule has 2 rings (SSSR count). The molecule has 94 valence electrons. The van der Waals surface area contributed by atoms with Gasteiger partial charge < -0.3 is 9.88 Å². The molecule has 0 saturated heterocycles. The van der Waals surface area contributed by atoms with Crippen LogP contribution in [0.2, 0.25) is 0 Å². The molecule has 3 nitrogen and oxygen atoms in total. The normalized spacial score (nSPS) is 10.4. The molecule has 0 bridgehead atoms. The molecular formula is C13H13BrFN3. The van der Waals surface area contributed by atoms with E-state index in [0.717, 1.165) is 5.69 Å². The van der Waals surface area contributed by atoms with Crippen LogP contribution < -0.4 is 5.32 Å². The number of nitrogens with zero attached hydrogens (tertiary/aromatic N) is 2. The van der Waals surface area contributed by atoms with E-state index in [2.05, 4.69) is 32.8 Å². The lowest BCUT2D eigenvalue weighted by atomic mass is 10.3. The molecule has 1 aromatic carbocycles. The van der Waals surface area contributed by atoms with E-state index in [4.69, 9.17) is 0 Å². The van der Waals surface area contributed by atoms with Crippen LogP contribution in [-0.2, 0) is 6.54 Å². The molecule has 0 amide bonds. The predicted molar refractivity (Wildman–Crippen MR) is 74.5 cm³/mol. The SMILES string of the molecule is C=CCn1cc(C)nc1Nc1ccc(Br)c(F)c1. The summed E-state index contributed by atoms with van der Waals surface area (Å²) in [7, 11) is 0. The van der Waals surface area contributed by atoms with Gasteiger partial charge in [-0.1, -0.05) is 6.08 Å². The van der Waals surface area contributed by atoms with Crippen LogP contribution in [0.25, 0.3) is 0 Å². The highest BCUT2D eigenvalue weighted by molar-refractivity contribution is 9.10. The fraction of sp³-hybridized carbons (Fsp3) is 0.154. The highest BCUT2D eigenvalue weighted by Gasteiger charge is 2.06. The van der Waals surface area contributed by atoms with E-state index in [1.807, 2.05) is 17.7 Å². The van der Waals surface area contributed by atoms with Crippen LogP contribution in [0.4, 0.5) is 16.0 Å². The minimum absolute atomic E-state index is 0.307. The first-order valence-electron chi connectivity index (χ1n) is 5.47. The van der Waals surface area contributed by atoms with E-state index in [9.17, 15) is 4.39 Å². The highest BCUT2D eigenvalue weighted by atomic mass is 79.9. The zero-order valence-corrected chi connectivity index (χ0v) is 11.5. The van der Waals surface area contributed by atoms with Gasteiger partial charge in [-0.25, -0.2) is 9.37 Å². The molecule has 0 fully saturated rings. The molecule has 0 aliphatic heterocycles. The summed E-state index contributed by atoms with van der Waals surface area (Å²) in [6.45, 7) is 6.26. The molecular weight excluding hydrogens is 297 g/mol. The summed E-state index contributed by atoms with van der Waals surface area (Å²) in [6.07, 6.45) is 3.70. The van der Waals surface area contributed by atoms with Crippen molar-refractivity contribution < 1.29 is 4.39 Å². The summed E-state index contributed by atoms with van der Waals surface area (Å²) in [6, 6.07) is 4.87. The van der Waals surface area contributed by atoms with Gasteiger partial charge in [0.15, 0.2) is 0 Å². The maximum absolute atomic E-state index is 13.4. The van der Waals surface area contributed by atoms with Gasteiger partial charge in [0, 0.05) is 18.4 Å². The Hall–Kier alpha value is -1.62. The Morgan fingerprint density at radius 3 is 3.00 bits per heavy atom. The number of hydrogen-bond acceptors (Lipinski definition) is 2. The summed E-state index contributed by atoms with van der Waals surface area (Å²) in [5.74, 6) is 0.368. The van der Waals surface area contributed by atoms with Crippen molar-refractivity contribution >= 4 is 27.6 Å². The van der Waals surface area contributed by atoms with Gasteiger partial charge >= 0.3 is 0 Å². The molecule has 0 saturated carbocycles. The molecule has 1 N–H and O–H groups in total. The van der Waals surface area contributed by atoms with Crippen molar-refractivity contribution in [1.82, 2.24) is 9.55 Å². The number of aromatic nitrogens is 2. The molecule has 5 heteroatoms. The second kappa shape index (κ2) is 5.35. The fourth-order valence-corrected chi connectivity index (χ4v) is 1.87. The second-order valence-corrected chi connectivity index (χ2v) is 4.76. The molecule has 0 atom stereocenters. The lowest BCUT2D eigenvalue weighted by molar-refractivity contribution is 0.621. The second-order valence-electron chi connectivity index (χ2n) is 3.90. The van der Waals surface area contributed by atoms with Crippen LogP contribution in [0.1, 0.15) is 5.69 Å². The van der Waals surface area contributed by atoms with Gasteiger partial charge in [-0.05, 0) is 41.1 Å². The number of benzene rings is 1. The van der Waals surface area contributed by atoms with Crippen LogP contribution >= 0.6 is 15.9 Å². The van der Waals surface area contributed by atoms with E-state index in [1.54, 1.807) is 18.2 Å². The predicted octanol–water partition coefficient (Wildman–Crippen LogP) is 4.02. The van der Waals surface area contributed by atoms with Gasteiger partial charge in [-0.3, -0.25) is 0 Å². The van der Waals surface area contributed by atoms with Gasteiger partial charge in [-0.2, -0.15) is 0 Å². The molecule has 0 unspecified atom stereocenters. The Morgan fingerprint density at radius 2 is 2.33 bits per heavy atom. The van der Waals surface area contributed by atoms with Crippen molar-refractivity contribution in [1.29, 1.82) is 0 Å². The summed E-state index contributed by atoms with van der Waals surface area (Å²) in [4.78, 5) is 4.35. The Kier molecular flexibility index (Phi) is 3.81. The summed E-state index contributed by atoms with van der Waals surface area (Å²) >= 11 is 3.12. The number of anilines is 2. The van der Waals surface area contributed by atoms with Gasteiger partial charge in [0.1, 0.15) is 5.82 Å². The quantitative estimate of drug-likeness (QED) is 0.864. The lowest BCUT2D eigenvalue weighted by Crippen LogP contribution is -2.02. The van der Waals surface area contributed by atoms with Crippen molar-refractivity contribution in [2.24, 2.45) is 0 Å². The number of hydrogen-bond donors (Lipinski definition) is 1. The maximum Gasteiger partial charge on any atom is 0.207 e. The third-order valence-electron chi connectivity index (χ3n) is 2.40. The van der Waals surface area contributed by atoms with Gasteiger partial charge in [0.05, 0.1) is 10.2 Å². The number of halogens is 2. The van der Waals surface area contributed by atoms with E-state index in [1.165, 1.54) is 6.07 Å². The van der Waals surface area contributed by atoms with E-state index in [-0.39, 0.29) is 5.82 Å². The Balaban J connectivity index is 2.27. The molecule has 0 aliphatic carbocycles. The van der Waals surface area contributed by atoms with Crippen molar-refractivity contribution in [3.8, 4) is 0 Å². The number of allylic oxidation sites excluding steroid dienone is 1. The van der Waals surface area contributed by atoms with Crippen molar-refractivity contribution in [3.05, 3.63) is 53.0 Å². The van der Waals surface area contributed by atoms with E-state index >= 15 is 0 Å². The average Bonchev–Trinajstić information content (AvgIpc) is 2.65. The average molecular weight is 310 g/mol. The third-order valence-corrected chi connectivity index (χ3v) is 3.04. The Labute approximate surface area is 113 Å². The summed E-state index contributed by atoms with van der Waals surface area (Å²) in [5.41, 5.74) is 1.56. The standard InChI is InChI=1S/C13H13BrFN3/c1-3-6-18-8-9(2)16-13(18)17-10-4-5-11(14)12(15)7-10/h3-5,7-8H,1,6H2,2H3,(H,16,17). The highest BCUT2D eigenvalue weighted by Crippen LogP contribution is 2.22. The number of aryl methyl sites for hydroxylation is 1. The zero-order valence-electron chi connectivity index (χ0n) is 9.95. The minimum Gasteiger partial charge on any atom is -0.325 e. The Bertz CT molecular complexity index is 578. The number of imidazole rings is 1. The molecule has 0 spiro atoms. The first kappa shape index (κ1) is 12.8. The molecule has 1 heterocycles. The number of nitrogens with one attached hydrogen (secondary N) is 1. The summed E-state index contributed by atoms with van der Waals surface area (Å²) in [5, 5.41) is 3.09. The van der Waals surface area contributed by atoms with Crippen LogP contribution in [0, 0.1) is 12.7 Å². The minimum atomic E-state index is -0.307. The fourth-order valence-electron chi connectivity index (χ4n) is 1.63. The molecule has 2 aromatic rings.